The zero-order valence-corrected chi connectivity index (χ0v) is 14.8. The highest BCUT2D eigenvalue weighted by atomic mass is 35.5. The topological polar surface area (TPSA) is 59.6 Å². The number of carbonyl (C=O) groups excluding carboxylic acids is 1. The van der Waals surface area contributed by atoms with Gasteiger partial charge in [-0.3, -0.25) is 4.79 Å². The van der Waals surface area contributed by atoms with Crippen molar-refractivity contribution in [3.63, 3.8) is 0 Å². The van der Waals surface area contributed by atoms with Crippen molar-refractivity contribution in [2.75, 3.05) is 25.0 Å². The molecule has 1 atom stereocenters. The molecular weight excluding hydrogens is 328 g/mol. The Morgan fingerprint density at radius 2 is 2.12 bits per heavy atom. The van der Waals surface area contributed by atoms with E-state index in [0.717, 1.165) is 17.8 Å². The SMILES string of the molecule is Cl.O=C(Nc1cccc(COC2CCCCC2)c1)C1CNCCO1. The van der Waals surface area contributed by atoms with Gasteiger partial charge in [-0.15, -0.1) is 12.4 Å². The van der Waals surface area contributed by atoms with E-state index in [2.05, 4.69) is 10.6 Å². The van der Waals surface area contributed by atoms with Crippen molar-refractivity contribution in [2.24, 2.45) is 0 Å². The van der Waals surface area contributed by atoms with E-state index in [1.165, 1.54) is 32.1 Å². The fraction of sp³-hybridized carbons (Fsp3) is 0.611. The van der Waals surface area contributed by atoms with Crippen LogP contribution in [-0.2, 0) is 20.9 Å². The molecule has 0 aromatic heterocycles. The molecule has 134 valence electrons. The Bertz CT molecular complexity index is 515. The van der Waals surface area contributed by atoms with Crippen LogP contribution in [0.15, 0.2) is 24.3 Å². The molecule has 1 aromatic rings. The Kier molecular flexibility index (Phi) is 7.99. The van der Waals surface area contributed by atoms with E-state index in [9.17, 15) is 4.79 Å². The van der Waals surface area contributed by atoms with Crippen LogP contribution in [0.1, 0.15) is 37.7 Å². The van der Waals surface area contributed by atoms with Crippen LogP contribution in [0.25, 0.3) is 0 Å². The molecule has 0 spiro atoms. The minimum Gasteiger partial charge on any atom is -0.374 e. The van der Waals surface area contributed by atoms with Gasteiger partial charge in [-0.25, -0.2) is 0 Å². The fourth-order valence-electron chi connectivity index (χ4n) is 3.14. The van der Waals surface area contributed by atoms with Crippen LogP contribution >= 0.6 is 12.4 Å². The number of rotatable bonds is 5. The monoisotopic (exact) mass is 354 g/mol. The van der Waals surface area contributed by atoms with Gasteiger partial charge in [0.25, 0.3) is 5.91 Å². The molecule has 24 heavy (non-hydrogen) atoms. The summed E-state index contributed by atoms with van der Waals surface area (Å²) < 4.78 is 11.5. The first kappa shape index (κ1) is 19.2. The molecule has 3 rings (SSSR count). The second-order valence-corrected chi connectivity index (χ2v) is 6.32. The Morgan fingerprint density at radius 3 is 2.88 bits per heavy atom. The molecule has 1 amide bonds. The first-order valence-corrected chi connectivity index (χ1v) is 8.65. The standard InChI is InChI=1S/C18H26N2O3.ClH/c21-18(17-12-19-9-10-22-17)20-15-6-4-5-14(11-15)13-23-16-7-2-1-3-8-16;/h4-6,11,16-17,19H,1-3,7-10,12-13H2,(H,20,21);1H. The van der Waals surface area contributed by atoms with E-state index < -0.39 is 6.10 Å². The summed E-state index contributed by atoms with van der Waals surface area (Å²) in [5.74, 6) is -0.0949. The second-order valence-electron chi connectivity index (χ2n) is 6.32. The highest BCUT2D eigenvalue weighted by Crippen LogP contribution is 2.22. The molecule has 2 fully saturated rings. The molecule has 6 heteroatoms. The molecular formula is C18H27ClN2O3. The summed E-state index contributed by atoms with van der Waals surface area (Å²) >= 11 is 0. The number of amides is 1. The third kappa shape index (κ3) is 5.74. The van der Waals surface area contributed by atoms with E-state index in [-0.39, 0.29) is 18.3 Å². The van der Waals surface area contributed by atoms with E-state index >= 15 is 0 Å². The maximum Gasteiger partial charge on any atom is 0.254 e. The largest absolute Gasteiger partial charge is 0.374 e. The van der Waals surface area contributed by atoms with Gasteiger partial charge in [-0.05, 0) is 30.5 Å². The van der Waals surface area contributed by atoms with E-state index in [1.54, 1.807) is 0 Å². The van der Waals surface area contributed by atoms with Crippen LogP contribution in [-0.4, -0.2) is 37.8 Å². The molecule has 1 heterocycles. The smallest absolute Gasteiger partial charge is 0.254 e. The minimum absolute atomic E-state index is 0. The maximum atomic E-state index is 12.2. The number of ether oxygens (including phenoxy) is 2. The summed E-state index contributed by atoms with van der Waals surface area (Å²) in [6.45, 7) is 2.55. The highest BCUT2D eigenvalue weighted by molar-refractivity contribution is 5.94. The lowest BCUT2D eigenvalue weighted by molar-refractivity contribution is -0.128. The third-order valence-electron chi connectivity index (χ3n) is 4.45. The normalized spacial score (nSPS) is 21.8. The second kappa shape index (κ2) is 9.99. The van der Waals surface area contributed by atoms with Crippen molar-refractivity contribution in [3.05, 3.63) is 29.8 Å². The summed E-state index contributed by atoms with van der Waals surface area (Å²) in [7, 11) is 0. The van der Waals surface area contributed by atoms with Crippen molar-refractivity contribution < 1.29 is 14.3 Å². The number of carbonyl (C=O) groups is 1. The fourth-order valence-corrected chi connectivity index (χ4v) is 3.14. The van der Waals surface area contributed by atoms with Crippen molar-refractivity contribution >= 4 is 24.0 Å². The first-order chi connectivity index (χ1) is 11.3. The molecule has 0 radical (unpaired) electrons. The van der Waals surface area contributed by atoms with Crippen LogP contribution in [0.4, 0.5) is 5.69 Å². The highest BCUT2D eigenvalue weighted by Gasteiger charge is 2.21. The summed E-state index contributed by atoms with van der Waals surface area (Å²) in [6.07, 6.45) is 6.20. The third-order valence-corrected chi connectivity index (χ3v) is 4.45. The van der Waals surface area contributed by atoms with Crippen molar-refractivity contribution in [2.45, 2.75) is 50.9 Å². The number of anilines is 1. The quantitative estimate of drug-likeness (QED) is 0.853. The van der Waals surface area contributed by atoms with Crippen molar-refractivity contribution in [3.8, 4) is 0 Å². The number of nitrogens with one attached hydrogen (secondary N) is 2. The van der Waals surface area contributed by atoms with Crippen LogP contribution in [0, 0.1) is 0 Å². The summed E-state index contributed by atoms with van der Waals surface area (Å²) in [5.41, 5.74) is 1.89. The Morgan fingerprint density at radius 1 is 1.29 bits per heavy atom. The number of morpholine rings is 1. The van der Waals surface area contributed by atoms with E-state index in [4.69, 9.17) is 9.47 Å². The predicted molar refractivity (Wildman–Crippen MR) is 96.6 cm³/mol. The molecule has 1 aromatic carbocycles. The van der Waals surface area contributed by atoms with Gasteiger partial charge < -0.3 is 20.1 Å². The molecule has 1 unspecified atom stereocenters. The van der Waals surface area contributed by atoms with Gasteiger partial charge in [0, 0.05) is 18.8 Å². The summed E-state index contributed by atoms with van der Waals surface area (Å²) in [5, 5.41) is 6.09. The van der Waals surface area contributed by atoms with Crippen molar-refractivity contribution in [1.82, 2.24) is 5.32 Å². The molecule has 1 aliphatic carbocycles. The maximum absolute atomic E-state index is 12.2. The Hall–Kier alpha value is -1.14. The van der Waals surface area contributed by atoms with Gasteiger partial charge >= 0.3 is 0 Å². The number of hydrogen-bond donors (Lipinski definition) is 2. The van der Waals surface area contributed by atoms with Gasteiger partial charge in [-0.2, -0.15) is 0 Å². The Balaban J connectivity index is 0.00000208. The lowest BCUT2D eigenvalue weighted by Gasteiger charge is -2.23. The van der Waals surface area contributed by atoms with Crippen molar-refractivity contribution in [1.29, 1.82) is 0 Å². The van der Waals surface area contributed by atoms with Gasteiger partial charge in [0.05, 0.1) is 19.3 Å². The molecule has 2 aliphatic rings. The zero-order chi connectivity index (χ0) is 15.9. The number of hydrogen-bond acceptors (Lipinski definition) is 4. The predicted octanol–water partition coefficient (Wildman–Crippen LogP) is 2.88. The van der Waals surface area contributed by atoms with Crippen LogP contribution in [0.5, 0.6) is 0 Å². The van der Waals surface area contributed by atoms with E-state index in [1.807, 2.05) is 24.3 Å². The van der Waals surface area contributed by atoms with E-state index in [0.29, 0.717) is 25.9 Å². The lowest BCUT2D eigenvalue weighted by Crippen LogP contribution is -2.45. The molecule has 0 bridgehead atoms. The van der Waals surface area contributed by atoms with Gasteiger partial charge in [0.1, 0.15) is 6.10 Å². The lowest BCUT2D eigenvalue weighted by atomic mass is 9.98. The Labute approximate surface area is 149 Å². The summed E-state index contributed by atoms with van der Waals surface area (Å²) in [6, 6.07) is 7.88. The molecule has 5 nitrogen and oxygen atoms in total. The number of halogens is 1. The van der Waals surface area contributed by atoms with Crippen LogP contribution in [0.2, 0.25) is 0 Å². The average molecular weight is 355 g/mol. The number of benzene rings is 1. The molecule has 1 aliphatic heterocycles. The summed E-state index contributed by atoms with van der Waals surface area (Å²) in [4.78, 5) is 12.2. The van der Waals surface area contributed by atoms with Gasteiger partial charge in [0.15, 0.2) is 0 Å². The minimum atomic E-state index is -0.411. The molecule has 2 N–H and O–H groups in total. The zero-order valence-electron chi connectivity index (χ0n) is 14.0. The molecule has 1 saturated heterocycles. The average Bonchev–Trinajstić information content (AvgIpc) is 2.62. The van der Waals surface area contributed by atoms with Gasteiger partial charge in [-0.1, -0.05) is 31.4 Å². The van der Waals surface area contributed by atoms with Gasteiger partial charge in [0.2, 0.25) is 0 Å². The van der Waals surface area contributed by atoms with Crippen LogP contribution in [0.3, 0.4) is 0 Å². The van der Waals surface area contributed by atoms with Crippen LogP contribution < -0.4 is 10.6 Å². The molecule has 1 saturated carbocycles. The first-order valence-electron chi connectivity index (χ1n) is 8.65.